The van der Waals surface area contributed by atoms with Crippen LogP contribution in [0.2, 0.25) is 0 Å². The maximum atomic E-state index is 12.9. The van der Waals surface area contributed by atoms with E-state index >= 15 is 0 Å². The number of likely N-dealkylation sites (tertiary alicyclic amines) is 1. The maximum absolute atomic E-state index is 12.9. The van der Waals surface area contributed by atoms with Crippen LogP contribution in [0.4, 0.5) is 5.69 Å². The van der Waals surface area contributed by atoms with Crippen LogP contribution in [0.15, 0.2) is 54.6 Å². The van der Waals surface area contributed by atoms with Crippen molar-refractivity contribution in [1.29, 1.82) is 0 Å². The zero-order valence-electron chi connectivity index (χ0n) is 19.0. The van der Waals surface area contributed by atoms with Crippen molar-refractivity contribution in [1.82, 2.24) is 20.1 Å². The van der Waals surface area contributed by atoms with Gasteiger partial charge in [0.15, 0.2) is 12.4 Å². The van der Waals surface area contributed by atoms with Crippen molar-refractivity contribution in [3.8, 4) is 17.1 Å². The summed E-state index contributed by atoms with van der Waals surface area (Å²) in [5.41, 5.74) is 1.49. The molecule has 0 saturated carbocycles. The maximum Gasteiger partial charge on any atom is 0.261 e. The Kier molecular flexibility index (Phi) is 7.02. The molecule has 1 fully saturated rings. The standard InChI is InChI=1S/C25H29N5O3/c1-17(2)25(32)26-19-10-8-9-18(15-19)23-27-24(29-28-23)21-13-6-7-14-30(21)22(31)16-33-20-11-4-3-5-12-20/h3-5,8-12,15,17,21H,6-7,13-14,16H2,1-2H3,(H,26,32)(H,27,28,29). The Morgan fingerprint density at radius 3 is 2.76 bits per heavy atom. The highest BCUT2D eigenvalue weighted by atomic mass is 16.5. The number of carbonyl (C=O) groups is 2. The monoisotopic (exact) mass is 447 g/mol. The van der Waals surface area contributed by atoms with E-state index in [1.54, 1.807) is 0 Å². The number of aromatic nitrogens is 3. The van der Waals surface area contributed by atoms with Gasteiger partial charge in [-0.15, -0.1) is 0 Å². The zero-order chi connectivity index (χ0) is 23.2. The molecule has 8 nitrogen and oxygen atoms in total. The lowest BCUT2D eigenvalue weighted by atomic mass is 10.0. The van der Waals surface area contributed by atoms with Gasteiger partial charge in [0.1, 0.15) is 11.6 Å². The number of ether oxygens (including phenoxy) is 1. The highest BCUT2D eigenvalue weighted by molar-refractivity contribution is 5.92. The van der Waals surface area contributed by atoms with Crippen LogP contribution in [0.5, 0.6) is 5.75 Å². The number of nitrogens with zero attached hydrogens (tertiary/aromatic N) is 3. The molecule has 0 radical (unpaired) electrons. The number of aromatic amines is 1. The van der Waals surface area contributed by atoms with Crippen LogP contribution in [0.1, 0.15) is 45.0 Å². The van der Waals surface area contributed by atoms with Gasteiger partial charge in [0, 0.05) is 23.7 Å². The van der Waals surface area contributed by atoms with Gasteiger partial charge in [-0.1, -0.05) is 44.2 Å². The van der Waals surface area contributed by atoms with Crippen molar-refractivity contribution in [3.63, 3.8) is 0 Å². The summed E-state index contributed by atoms with van der Waals surface area (Å²) in [7, 11) is 0. The first-order chi connectivity index (χ1) is 16.0. The van der Waals surface area contributed by atoms with Crippen molar-refractivity contribution in [2.75, 3.05) is 18.5 Å². The molecule has 0 bridgehead atoms. The minimum atomic E-state index is -0.171. The van der Waals surface area contributed by atoms with Crippen LogP contribution in [0, 0.1) is 5.92 Å². The number of anilines is 1. The van der Waals surface area contributed by atoms with Gasteiger partial charge >= 0.3 is 0 Å². The molecule has 1 aliphatic rings. The zero-order valence-corrected chi connectivity index (χ0v) is 19.0. The summed E-state index contributed by atoms with van der Waals surface area (Å²) in [5, 5.41) is 10.3. The Hall–Kier alpha value is -3.68. The second-order valence-corrected chi connectivity index (χ2v) is 8.47. The summed E-state index contributed by atoms with van der Waals surface area (Å²) in [5.74, 6) is 1.64. The molecule has 1 aromatic heterocycles. The second kappa shape index (κ2) is 10.3. The highest BCUT2D eigenvalue weighted by Gasteiger charge is 2.30. The molecule has 2 aromatic carbocycles. The van der Waals surface area contributed by atoms with E-state index in [4.69, 9.17) is 9.72 Å². The Labute approximate surface area is 193 Å². The Morgan fingerprint density at radius 2 is 1.97 bits per heavy atom. The third-order valence-corrected chi connectivity index (χ3v) is 5.66. The Bertz CT molecular complexity index is 1100. The number of benzene rings is 2. The normalized spacial score (nSPS) is 16.0. The van der Waals surface area contributed by atoms with Crippen molar-refractivity contribution in [2.24, 2.45) is 5.92 Å². The van der Waals surface area contributed by atoms with E-state index in [2.05, 4.69) is 15.5 Å². The molecule has 1 unspecified atom stereocenters. The number of amides is 2. The molecule has 33 heavy (non-hydrogen) atoms. The summed E-state index contributed by atoms with van der Waals surface area (Å²) in [6, 6.07) is 16.6. The van der Waals surface area contributed by atoms with E-state index in [0.717, 1.165) is 24.8 Å². The molecule has 2 amide bonds. The molecule has 0 spiro atoms. The number of piperidine rings is 1. The number of para-hydroxylation sites is 1. The number of H-pyrrole nitrogens is 1. The van der Waals surface area contributed by atoms with Gasteiger partial charge < -0.3 is 15.0 Å². The van der Waals surface area contributed by atoms with Gasteiger partial charge in [0.2, 0.25) is 5.91 Å². The summed E-state index contributed by atoms with van der Waals surface area (Å²) in [6.07, 6.45) is 2.78. The van der Waals surface area contributed by atoms with Gasteiger partial charge in [-0.2, -0.15) is 5.10 Å². The van der Waals surface area contributed by atoms with E-state index in [1.807, 2.05) is 73.3 Å². The first-order valence-corrected chi connectivity index (χ1v) is 11.3. The van der Waals surface area contributed by atoms with Crippen molar-refractivity contribution < 1.29 is 14.3 Å². The summed E-state index contributed by atoms with van der Waals surface area (Å²) in [6.45, 7) is 4.35. The average molecular weight is 448 g/mol. The van der Waals surface area contributed by atoms with Crippen LogP contribution in [0.3, 0.4) is 0 Å². The van der Waals surface area contributed by atoms with Gasteiger partial charge in [0.05, 0.1) is 6.04 Å². The minimum Gasteiger partial charge on any atom is -0.484 e. The predicted octanol–water partition coefficient (Wildman–Crippen LogP) is 4.20. The Balaban J connectivity index is 1.47. The first kappa shape index (κ1) is 22.5. The van der Waals surface area contributed by atoms with E-state index in [0.29, 0.717) is 29.6 Å². The van der Waals surface area contributed by atoms with E-state index in [1.165, 1.54) is 0 Å². The van der Waals surface area contributed by atoms with Crippen LogP contribution >= 0.6 is 0 Å². The van der Waals surface area contributed by atoms with Crippen molar-refractivity contribution in [2.45, 2.75) is 39.2 Å². The topological polar surface area (TPSA) is 100 Å². The minimum absolute atomic E-state index is 0.0148. The van der Waals surface area contributed by atoms with Crippen molar-refractivity contribution >= 4 is 17.5 Å². The quantitative estimate of drug-likeness (QED) is 0.565. The van der Waals surface area contributed by atoms with Gasteiger partial charge in [0.25, 0.3) is 5.91 Å². The van der Waals surface area contributed by atoms with Crippen LogP contribution in [-0.2, 0) is 9.59 Å². The number of rotatable bonds is 7. The molecule has 8 heteroatoms. The third-order valence-electron chi connectivity index (χ3n) is 5.66. The largest absolute Gasteiger partial charge is 0.484 e. The number of nitrogens with one attached hydrogen (secondary N) is 2. The highest BCUT2D eigenvalue weighted by Crippen LogP contribution is 2.30. The van der Waals surface area contributed by atoms with E-state index < -0.39 is 0 Å². The number of hydrogen-bond acceptors (Lipinski definition) is 5. The summed E-state index contributed by atoms with van der Waals surface area (Å²) >= 11 is 0. The lowest BCUT2D eigenvalue weighted by Gasteiger charge is -2.34. The summed E-state index contributed by atoms with van der Waals surface area (Å²) in [4.78, 5) is 31.5. The Morgan fingerprint density at radius 1 is 1.15 bits per heavy atom. The van der Waals surface area contributed by atoms with Gasteiger partial charge in [-0.05, 0) is 43.5 Å². The molecule has 1 saturated heterocycles. The van der Waals surface area contributed by atoms with Crippen LogP contribution in [0.25, 0.3) is 11.4 Å². The third kappa shape index (κ3) is 5.58. The lowest BCUT2D eigenvalue weighted by Crippen LogP contribution is -2.41. The number of carbonyl (C=O) groups excluding carboxylic acids is 2. The lowest BCUT2D eigenvalue weighted by molar-refractivity contribution is -0.137. The molecule has 2 N–H and O–H groups in total. The molecule has 1 aliphatic heterocycles. The summed E-state index contributed by atoms with van der Waals surface area (Å²) < 4.78 is 5.67. The fourth-order valence-corrected chi connectivity index (χ4v) is 3.83. The van der Waals surface area contributed by atoms with Crippen LogP contribution < -0.4 is 10.1 Å². The molecular weight excluding hydrogens is 418 g/mol. The molecule has 4 rings (SSSR count). The van der Waals surface area contributed by atoms with Crippen molar-refractivity contribution in [3.05, 3.63) is 60.4 Å². The molecule has 3 aromatic rings. The molecule has 2 heterocycles. The van der Waals surface area contributed by atoms with Gasteiger partial charge in [-0.25, -0.2) is 4.98 Å². The van der Waals surface area contributed by atoms with E-state index in [9.17, 15) is 9.59 Å². The molecule has 172 valence electrons. The average Bonchev–Trinajstić information content (AvgIpc) is 3.33. The molecular formula is C25H29N5O3. The fourth-order valence-electron chi connectivity index (χ4n) is 3.83. The van der Waals surface area contributed by atoms with E-state index in [-0.39, 0.29) is 30.4 Å². The SMILES string of the molecule is CC(C)C(=O)Nc1cccc(-c2n[nH]c(C3CCCCN3C(=O)COc3ccccc3)n2)c1. The molecule has 1 atom stereocenters. The fraction of sp³-hybridized carbons (Fsp3) is 0.360. The predicted molar refractivity (Wildman–Crippen MR) is 126 cm³/mol. The first-order valence-electron chi connectivity index (χ1n) is 11.3. The van der Waals surface area contributed by atoms with Crippen LogP contribution in [-0.4, -0.2) is 45.0 Å². The van der Waals surface area contributed by atoms with Gasteiger partial charge in [-0.3, -0.25) is 14.7 Å². The number of hydrogen-bond donors (Lipinski definition) is 2. The smallest absolute Gasteiger partial charge is 0.261 e. The molecule has 0 aliphatic carbocycles. The second-order valence-electron chi connectivity index (χ2n) is 8.47.